The average molecular weight is 554 g/mol. The van der Waals surface area contributed by atoms with Crippen LogP contribution in [0.3, 0.4) is 0 Å². The van der Waals surface area contributed by atoms with Crippen LogP contribution in [0.15, 0.2) is 30.4 Å². The first kappa shape index (κ1) is 27.5. The number of aromatic nitrogens is 6. The zero-order chi connectivity index (χ0) is 27.9. The molecule has 0 atom stereocenters. The Bertz CT molecular complexity index is 1560. The van der Waals surface area contributed by atoms with E-state index in [9.17, 15) is 4.79 Å². The summed E-state index contributed by atoms with van der Waals surface area (Å²) in [6, 6.07) is 6.26. The lowest BCUT2D eigenvalue weighted by Gasteiger charge is -2.22. The average Bonchev–Trinajstić information content (AvgIpc) is 3.69. The lowest BCUT2D eigenvalue weighted by Crippen LogP contribution is -2.36. The standard InChI is InChI=1S/C31H35N7OS/c1-4-10-25-28(11-5-2)40-30(33-25)17-16-26-23(6-3)24-20-21(31(39)32-22-12-8-7-9-13-22)14-15-27(24)38(26)19-18-29-34-36-37-35-29/h4-5,10-11,14-15,20,22H,6-9,12-13,18-19H2,1-3H3,(H,32,39)(H,34,35,36,37)/b10-4-,11-5-. The van der Waals surface area contributed by atoms with Crippen molar-refractivity contribution < 1.29 is 4.79 Å². The van der Waals surface area contributed by atoms with Gasteiger partial charge in [-0.3, -0.25) is 4.79 Å². The normalized spacial score (nSPS) is 14.3. The van der Waals surface area contributed by atoms with Crippen LogP contribution in [0.4, 0.5) is 0 Å². The van der Waals surface area contributed by atoms with Gasteiger partial charge in [-0.15, -0.1) is 21.5 Å². The van der Waals surface area contributed by atoms with E-state index in [4.69, 9.17) is 4.98 Å². The number of thiazole rings is 1. The van der Waals surface area contributed by atoms with Gasteiger partial charge in [0.1, 0.15) is 0 Å². The molecule has 1 aromatic carbocycles. The third-order valence-electron chi connectivity index (χ3n) is 7.28. The number of H-pyrrole nitrogens is 1. The van der Waals surface area contributed by atoms with Crippen LogP contribution in [0.5, 0.6) is 0 Å². The molecule has 0 spiro atoms. The summed E-state index contributed by atoms with van der Waals surface area (Å²) in [6.07, 6.45) is 15.2. The van der Waals surface area contributed by atoms with E-state index in [0.29, 0.717) is 24.4 Å². The van der Waals surface area contributed by atoms with Gasteiger partial charge in [-0.1, -0.05) is 43.6 Å². The smallest absolute Gasteiger partial charge is 0.251 e. The number of nitrogens with zero attached hydrogens (tertiary/aromatic N) is 5. The van der Waals surface area contributed by atoms with Gasteiger partial charge in [-0.2, -0.15) is 5.21 Å². The maximum atomic E-state index is 13.2. The molecule has 1 aliphatic rings. The first-order valence-corrected chi connectivity index (χ1v) is 14.9. The van der Waals surface area contributed by atoms with Crippen LogP contribution >= 0.6 is 11.3 Å². The van der Waals surface area contributed by atoms with Gasteiger partial charge in [-0.05, 0) is 80.9 Å². The number of carbonyl (C=O) groups excluding carboxylic acids is 1. The van der Waals surface area contributed by atoms with Crippen LogP contribution in [-0.4, -0.2) is 42.1 Å². The second kappa shape index (κ2) is 12.9. The molecule has 0 radical (unpaired) electrons. The Morgan fingerprint density at radius 2 is 2.00 bits per heavy atom. The Balaban J connectivity index is 1.55. The Morgan fingerprint density at radius 1 is 1.18 bits per heavy atom. The van der Waals surface area contributed by atoms with Gasteiger partial charge in [-0.25, -0.2) is 4.98 Å². The fourth-order valence-corrected chi connectivity index (χ4v) is 6.25. The number of carbonyl (C=O) groups is 1. The molecule has 1 aliphatic carbocycles. The Labute approximate surface area is 239 Å². The van der Waals surface area contributed by atoms with E-state index in [0.717, 1.165) is 57.0 Å². The fraction of sp³-hybridized carbons (Fsp3) is 0.387. The molecular formula is C31H35N7OS. The zero-order valence-corrected chi connectivity index (χ0v) is 24.1. The molecule has 3 heterocycles. The number of tetrazole rings is 1. The van der Waals surface area contributed by atoms with E-state index in [1.165, 1.54) is 19.3 Å². The number of rotatable bonds is 8. The molecule has 206 valence electrons. The number of fused-ring (bicyclic) bond motifs is 1. The molecule has 1 saturated carbocycles. The first-order chi connectivity index (χ1) is 19.6. The number of aryl methyl sites for hydroxylation is 3. The van der Waals surface area contributed by atoms with Crippen LogP contribution in [0, 0.1) is 11.8 Å². The molecule has 3 aromatic heterocycles. The Kier molecular flexibility index (Phi) is 8.87. The van der Waals surface area contributed by atoms with Crippen molar-refractivity contribution in [2.45, 2.75) is 78.3 Å². The monoisotopic (exact) mass is 553 g/mol. The molecule has 5 rings (SSSR count). The lowest BCUT2D eigenvalue weighted by atomic mass is 9.95. The lowest BCUT2D eigenvalue weighted by molar-refractivity contribution is 0.0928. The summed E-state index contributed by atoms with van der Waals surface area (Å²) in [5, 5.41) is 19.6. The molecule has 0 bridgehead atoms. The van der Waals surface area contributed by atoms with E-state index < -0.39 is 0 Å². The highest BCUT2D eigenvalue weighted by Crippen LogP contribution is 2.29. The molecule has 2 N–H and O–H groups in total. The van der Waals surface area contributed by atoms with Crippen LogP contribution in [-0.2, 0) is 19.4 Å². The quantitative estimate of drug-likeness (QED) is 0.263. The van der Waals surface area contributed by atoms with Gasteiger partial charge in [0, 0.05) is 35.5 Å². The van der Waals surface area contributed by atoms with E-state index >= 15 is 0 Å². The third-order valence-corrected chi connectivity index (χ3v) is 8.24. The van der Waals surface area contributed by atoms with Gasteiger partial charge >= 0.3 is 0 Å². The first-order valence-electron chi connectivity index (χ1n) is 14.1. The molecule has 0 unspecified atom stereocenters. The molecule has 1 amide bonds. The summed E-state index contributed by atoms with van der Waals surface area (Å²) < 4.78 is 2.22. The van der Waals surface area contributed by atoms with Gasteiger partial charge in [0.15, 0.2) is 10.8 Å². The van der Waals surface area contributed by atoms with Crippen molar-refractivity contribution in [3.8, 4) is 11.8 Å². The van der Waals surface area contributed by atoms with Crippen molar-refractivity contribution in [2.75, 3.05) is 0 Å². The minimum Gasteiger partial charge on any atom is -0.349 e. The van der Waals surface area contributed by atoms with Crippen LogP contribution in [0.25, 0.3) is 23.1 Å². The number of amides is 1. The molecule has 9 heteroatoms. The molecule has 8 nitrogen and oxygen atoms in total. The topological polar surface area (TPSA) is 101 Å². The highest BCUT2D eigenvalue weighted by molar-refractivity contribution is 7.13. The Morgan fingerprint density at radius 3 is 2.73 bits per heavy atom. The van der Waals surface area contributed by atoms with Crippen molar-refractivity contribution in [3.63, 3.8) is 0 Å². The van der Waals surface area contributed by atoms with Gasteiger partial charge in [0.05, 0.1) is 16.3 Å². The van der Waals surface area contributed by atoms with Crippen molar-refractivity contribution in [1.82, 2.24) is 35.5 Å². The number of hydrogen-bond acceptors (Lipinski definition) is 6. The number of allylic oxidation sites excluding steroid dienone is 2. The largest absolute Gasteiger partial charge is 0.349 e. The number of hydrogen-bond donors (Lipinski definition) is 2. The van der Waals surface area contributed by atoms with Gasteiger partial charge in [0.2, 0.25) is 0 Å². The van der Waals surface area contributed by atoms with E-state index in [1.54, 1.807) is 11.3 Å². The Hall–Kier alpha value is -4.03. The molecule has 40 heavy (non-hydrogen) atoms. The number of aromatic amines is 1. The SMILES string of the molecule is C/C=C\c1nc(C#Cc2c(CC)c3cc(C(=O)NC4CCCCC4)ccc3n2CCc2nn[nH]n2)sc1/C=C\C. The minimum atomic E-state index is -0.00108. The minimum absolute atomic E-state index is 0.00108. The summed E-state index contributed by atoms with van der Waals surface area (Å²) in [5.74, 6) is 7.44. The van der Waals surface area contributed by atoms with Crippen molar-refractivity contribution >= 4 is 40.3 Å². The van der Waals surface area contributed by atoms with Crippen LogP contribution in [0.1, 0.15) is 95.9 Å². The van der Waals surface area contributed by atoms with Crippen molar-refractivity contribution in [3.05, 3.63) is 68.6 Å². The molecule has 0 aliphatic heterocycles. The number of nitrogens with one attached hydrogen (secondary N) is 2. The third kappa shape index (κ3) is 6.07. The second-order valence-corrected chi connectivity index (χ2v) is 11.0. The molecule has 1 fully saturated rings. The summed E-state index contributed by atoms with van der Waals surface area (Å²) in [6.45, 7) is 6.77. The summed E-state index contributed by atoms with van der Waals surface area (Å²) in [5.41, 5.74) is 4.72. The van der Waals surface area contributed by atoms with E-state index in [1.807, 2.05) is 50.3 Å². The highest BCUT2D eigenvalue weighted by Gasteiger charge is 2.20. The summed E-state index contributed by atoms with van der Waals surface area (Å²) in [7, 11) is 0. The highest BCUT2D eigenvalue weighted by atomic mass is 32.1. The fourth-order valence-electron chi connectivity index (χ4n) is 5.37. The summed E-state index contributed by atoms with van der Waals surface area (Å²) >= 11 is 1.59. The zero-order valence-electron chi connectivity index (χ0n) is 23.3. The predicted octanol–water partition coefficient (Wildman–Crippen LogP) is 5.94. The molecule has 0 saturated heterocycles. The molecular weight excluding hydrogens is 518 g/mol. The van der Waals surface area contributed by atoms with Crippen LogP contribution < -0.4 is 5.32 Å². The van der Waals surface area contributed by atoms with E-state index in [2.05, 4.69) is 55.3 Å². The maximum Gasteiger partial charge on any atom is 0.251 e. The molecule has 4 aromatic rings. The maximum absolute atomic E-state index is 13.2. The predicted molar refractivity (Wildman–Crippen MR) is 161 cm³/mol. The van der Waals surface area contributed by atoms with Gasteiger partial charge < -0.3 is 9.88 Å². The summed E-state index contributed by atoms with van der Waals surface area (Å²) in [4.78, 5) is 19.0. The van der Waals surface area contributed by atoms with Crippen LogP contribution in [0.2, 0.25) is 0 Å². The van der Waals surface area contributed by atoms with Crippen molar-refractivity contribution in [1.29, 1.82) is 0 Å². The van der Waals surface area contributed by atoms with Crippen molar-refractivity contribution in [2.24, 2.45) is 0 Å². The van der Waals surface area contributed by atoms with Gasteiger partial charge in [0.25, 0.3) is 5.91 Å². The van der Waals surface area contributed by atoms with E-state index in [-0.39, 0.29) is 11.9 Å². The number of benzene rings is 1. The second-order valence-electron chi connectivity index (χ2n) is 9.97.